The van der Waals surface area contributed by atoms with Crippen LogP contribution in [-0.4, -0.2) is 89.8 Å². The summed E-state index contributed by atoms with van der Waals surface area (Å²) in [7, 11) is 3.17. The molecule has 0 aromatic rings. The molecule has 2 aliphatic carbocycles. The molecule has 0 amide bonds. The van der Waals surface area contributed by atoms with Crippen LogP contribution in [0.5, 0.6) is 0 Å². The number of piperidine rings is 1. The average Bonchev–Trinajstić information content (AvgIpc) is 2.91. The van der Waals surface area contributed by atoms with Gasteiger partial charge in [-0.15, -0.1) is 0 Å². The van der Waals surface area contributed by atoms with Gasteiger partial charge in [0.1, 0.15) is 11.9 Å². The van der Waals surface area contributed by atoms with E-state index in [0.29, 0.717) is 44.4 Å². The molecule has 1 saturated heterocycles. The Morgan fingerprint density at radius 2 is 1.66 bits per heavy atom. The highest BCUT2D eigenvalue weighted by atomic mass is 16.5. The molecule has 9 nitrogen and oxygen atoms in total. The molecule has 0 bridgehead atoms. The first-order chi connectivity index (χ1) is 18.2. The summed E-state index contributed by atoms with van der Waals surface area (Å²) in [5.74, 6) is 0.456. The van der Waals surface area contributed by atoms with E-state index in [9.17, 15) is 25.2 Å². The monoisotopic (exact) mass is 542 g/mol. The largest absolute Gasteiger partial charge is 0.392 e. The van der Waals surface area contributed by atoms with E-state index in [1.165, 1.54) is 7.11 Å². The second kappa shape index (κ2) is 15.4. The van der Waals surface area contributed by atoms with Crippen LogP contribution in [0.15, 0.2) is 0 Å². The number of ketones is 1. The number of nitrogens with one attached hydrogen (secondary N) is 1. The van der Waals surface area contributed by atoms with Crippen LogP contribution in [0.3, 0.4) is 0 Å². The maximum absolute atomic E-state index is 13.8. The quantitative estimate of drug-likeness (QED) is 0.204. The molecule has 1 aliphatic heterocycles. The van der Waals surface area contributed by atoms with Crippen molar-refractivity contribution >= 4 is 5.78 Å². The lowest BCUT2D eigenvalue weighted by Gasteiger charge is -2.40. The fourth-order valence-corrected chi connectivity index (χ4v) is 7.56. The van der Waals surface area contributed by atoms with E-state index in [0.717, 1.165) is 45.1 Å². The van der Waals surface area contributed by atoms with E-state index in [1.807, 2.05) is 0 Å². The number of Topliss-reactive ketones (excluding diaryl/α,β-unsaturated/α-hetero) is 1. The molecule has 0 radical (unpaired) electrons. The summed E-state index contributed by atoms with van der Waals surface area (Å²) in [5, 5.41) is 45.4. The smallest absolute Gasteiger partial charge is 0.138 e. The molecule has 0 aromatic carbocycles. The summed E-state index contributed by atoms with van der Waals surface area (Å²) < 4.78 is 10.8. The lowest BCUT2D eigenvalue weighted by Crippen LogP contribution is -2.48. The summed E-state index contributed by atoms with van der Waals surface area (Å²) in [6.45, 7) is 2.93. The van der Waals surface area contributed by atoms with Gasteiger partial charge in [0.25, 0.3) is 0 Å². The van der Waals surface area contributed by atoms with E-state index in [2.05, 4.69) is 12.2 Å². The molecule has 3 rings (SSSR count). The number of nitrogens with two attached hydrogens (primary N) is 1. The summed E-state index contributed by atoms with van der Waals surface area (Å²) in [5.41, 5.74) is 6.22. The summed E-state index contributed by atoms with van der Waals surface area (Å²) in [6.07, 6.45) is 4.77. The summed E-state index contributed by atoms with van der Waals surface area (Å²) >= 11 is 0. The van der Waals surface area contributed by atoms with Gasteiger partial charge in [-0.25, -0.2) is 0 Å². The minimum Gasteiger partial charge on any atom is -0.392 e. The van der Waals surface area contributed by atoms with Gasteiger partial charge in [0.05, 0.1) is 36.7 Å². The van der Waals surface area contributed by atoms with Crippen molar-refractivity contribution < 1.29 is 34.7 Å². The van der Waals surface area contributed by atoms with Crippen molar-refractivity contribution in [3.63, 3.8) is 0 Å². The molecular formula is C29H54N2O7. The Hall–Kier alpha value is -0.650. The highest BCUT2D eigenvalue weighted by Crippen LogP contribution is 2.39. The van der Waals surface area contributed by atoms with Gasteiger partial charge >= 0.3 is 0 Å². The van der Waals surface area contributed by atoms with Gasteiger partial charge in [-0.3, -0.25) is 4.79 Å². The molecule has 222 valence electrons. The number of hydrogen-bond donors (Lipinski definition) is 6. The van der Waals surface area contributed by atoms with Crippen LogP contribution in [0, 0.1) is 29.6 Å². The molecule has 38 heavy (non-hydrogen) atoms. The predicted molar refractivity (Wildman–Crippen MR) is 145 cm³/mol. The zero-order valence-electron chi connectivity index (χ0n) is 23.7. The Morgan fingerprint density at radius 3 is 2.32 bits per heavy atom. The Morgan fingerprint density at radius 1 is 0.947 bits per heavy atom. The van der Waals surface area contributed by atoms with Gasteiger partial charge in [-0.2, -0.15) is 0 Å². The topological polar surface area (TPSA) is 154 Å². The van der Waals surface area contributed by atoms with Crippen LogP contribution < -0.4 is 11.1 Å². The first-order valence-electron chi connectivity index (χ1n) is 15.0. The zero-order valence-corrected chi connectivity index (χ0v) is 23.7. The minimum atomic E-state index is -0.895. The maximum atomic E-state index is 13.8. The molecule has 3 aliphatic rings. The van der Waals surface area contributed by atoms with Crippen molar-refractivity contribution in [3.05, 3.63) is 0 Å². The standard InChI is InChI=1S/C29H54N2O7/c1-4-20(19-11-12-31-27(30)16-19)28(22(33)9-6-17-5-8-21(32)25(14-17)37-2)23(34)10-7-18-13-24(35)29(36)26(15-18)38-3/h17-22,24-29,31-33,35-36H,4-16,30H2,1-3H3/t17?,18?,19?,20-,21?,22+,24?,25?,26?,27?,28-,29?/m0/s1. The van der Waals surface area contributed by atoms with Crippen LogP contribution >= 0.6 is 0 Å². The number of aliphatic hydroxyl groups is 4. The zero-order chi connectivity index (χ0) is 27.8. The lowest BCUT2D eigenvalue weighted by molar-refractivity contribution is -0.133. The van der Waals surface area contributed by atoms with E-state index < -0.39 is 36.4 Å². The van der Waals surface area contributed by atoms with Crippen LogP contribution in [-0.2, 0) is 14.3 Å². The fourth-order valence-electron chi connectivity index (χ4n) is 7.56. The van der Waals surface area contributed by atoms with E-state index >= 15 is 0 Å². The molecule has 9 unspecified atom stereocenters. The van der Waals surface area contributed by atoms with Gasteiger partial charge < -0.3 is 41.0 Å². The van der Waals surface area contributed by atoms with Gasteiger partial charge in [0.2, 0.25) is 0 Å². The normalized spacial score (nSPS) is 38.9. The number of methoxy groups -OCH3 is 2. The number of hydrogen-bond acceptors (Lipinski definition) is 9. The van der Waals surface area contributed by atoms with E-state index in [-0.39, 0.29) is 35.8 Å². The first kappa shape index (κ1) is 31.9. The van der Waals surface area contributed by atoms with Crippen LogP contribution in [0.2, 0.25) is 0 Å². The molecule has 7 N–H and O–H groups in total. The third-order valence-electron chi connectivity index (χ3n) is 9.86. The Labute approximate surface area is 228 Å². The molecule has 3 fully saturated rings. The number of aliphatic hydroxyl groups excluding tert-OH is 4. The van der Waals surface area contributed by atoms with Crippen molar-refractivity contribution in [2.45, 2.75) is 127 Å². The lowest BCUT2D eigenvalue weighted by atomic mass is 9.69. The average molecular weight is 543 g/mol. The first-order valence-corrected chi connectivity index (χ1v) is 15.0. The highest BCUT2D eigenvalue weighted by Gasteiger charge is 2.41. The number of carbonyl (C=O) groups is 1. The van der Waals surface area contributed by atoms with Crippen molar-refractivity contribution in [2.24, 2.45) is 35.3 Å². The van der Waals surface area contributed by atoms with Crippen LogP contribution in [0.25, 0.3) is 0 Å². The Kier molecular flexibility index (Phi) is 12.9. The molecular weight excluding hydrogens is 488 g/mol. The molecule has 12 atom stereocenters. The maximum Gasteiger partial charge on any atom is 0.138 e. The number of rotatable bonds is 13. The summed E-state index contributed by atoms with van der Waals surface area (Å²) in [6, 6.07) is 0. The van der Waals surface area contributed by atoms with Gasteiger partial charge in [0, 0.05) is 26.6 Å². The molecule has 2 saturated carbocycles. The Bertz CT molecular complexity index is 712. The third kappa shape index (κ3) is 8.43. The third-order valence-corrected chi connectivity index (χ3v) is 9.86. The van der Waals surface area contributed by atoms with Crippen molar-refractivity contribution in [3.8, 4) is 0 Å². The predicted octanol–water partition coefficient (Wildman–Crippen LogP) is 1.73. The second-order valence-corrected chi connectivity index (χ2v) is 12.3. The number of carbonyl (C=O) groups excluding carboxylic acids is 1. The van der Waals surface area contributed by atoms with Gasteiger partial charge in [-0.05, 0) is 94.4 Å². The fraction of sp³-hybridized carbons (Fsp3) is 0.966. The van der Waals surface area contributed by atoms with Gasteiger partial charge in [0.15, 0.2) is 0 Å². The molecule has 1 heterocycles. The molecule has 0 aromatic heterocycles. The van der Waals surface area contributed by atoms with Crippen molar-refractivity contribution in [1.29, 1.82) is 0 Å². The van der Waals surface area contributed by atoms with Crippen LogP contribution in [0.4, 0.5) is 0 Å². The van der Waals surface area contributed by atoms with Crippen LogP contribution in [0.1, 0.15) is 84.0 Å². The Balaban J connectivity index is 1.67. The summed E-state index contributed by atoms with van der Waals surface area (Å²) in [4.78, 5) is 13.8. The van der Waals surface area contributed by atoms with Gasteiger partial charge in [-0.1, -0.05) is 13.3 Å². The SMILES string of the molecule is CC[C@@H](C1CCNC(N)C1)[C@H](C(=O)CCC1CC(O)C(O)C(OC)C1)[C@H](O)CCC1CCC(O)C(OC)C1. The second-order valence-electron chi connectivity index (χ2n) is 12.3. The molecule has 0 spiro atoms. The molecule has 9 heteroatoms. The number of ether oxygens (including phenoxy) is 2. The van der Waals surface area contributed by atoms with Crippen molar-refractivity contribution in [1.82, 2.24) is 5.32 Å². The highest BCUT2D eigenvalue weighted by molar-refractivity contribution is 5.82. The van der Waals surface area contributed by atoms with E-state index in [4.69, 9.17) is 15.2 Å². The minimum absolute atomic E-state index is 0.0658. The van der Waals surface area contributed by atoms with Crippen molar-refractivity contribution in [2.75, 3.05) is 20.8 Å². The van der Waals surface area contributed by atoms with E-state index in [1.54, 1.807) is 7.11 Å².